The Kier molecular flexibility index (Phi) is 3.50. The molecular weight excluding hydrogens is 293 g/mol. The molecule has 0 spiro atoms. The molecule has 6 heteroatoms. The molecule has 1 aromatic heterocycles. The van der Waals surface area contributed by atoms with Gasteiger partial charge in [0.05, 0.1) is 6.54 Å². The first-order valence-electron chi connectivity index (χ1n) is 4.70. The van der Waals surface area contributed by atoms with E-state index in [1.807, 2.05) is 24.3 Å². The fraction of sp³-hybridized carbons (Fsp3) is 0.200. The maximum atomic E-state index is 12.4. The third-order valence-corrected chi connectivity index (χ3v) is 3.18. The van der Waals surface area contributed by atoms with Crippen molar-refractivity contribution in [1.29, 1.82) is 0 Å². The number of nitrogens with zero attached hydrogens (tertiary/aromatic N) is 2. The van der Waals surface area contributed by atoms with Gasteiger partial charge in [0.15, 0.2) is 10.6 Å². The predicted octanol–water partition coefficient (Wildman–Crippen LogP) is 3.34. The second-order valence-electron chi connectivity index (χ2n) is 3.17. The average Bonchev–Trinajstić information content (AvgIpc) is 2.62. The molecule has 2 aromatic rings. The largest absolute Gasteiger partial charge is 0.297 e. The van der Waals surface area contributed by atoms with Gasteiger partial charge in [0.1, 0.15) is 6.67 Å². The molecule has 0 bridgehead atoms. The van der Waals surface area contributed by atoms with Gasteiger partial charge in [-0.3, -0.25) is 9.67 Å². The van der Waals surface area contributed by atoms with Crippen molar-refractivity contribution in [3.8, 4) is 11.4 Å². The molecule has 0 aliphatic heterocycles. The molecule has 2 rings (SSSR count). The fourth-order valence-corrected chi connectivity index (χ4v) is 2.14. The summed E-state index contributed by atoms with van der Waals surface area (Å²) in [4.78, 5) is 0. The Bertz CT molecular complexity index is 549. The fourth-order valence-electron chi connectivity index (χ4n) is 1.46. The van der Waals surface area contributed by atoms with E-state index in [-0.39, 0.29) is 6.54 Å². The van der Waals surface area contributed by atoms with Crippen molar-refractivity contribution < 1.29 is 4.39 Å². The van der Waals surface area contributed by atoms with Crippen LogP contribution >= 0.6 is 28.1 Å². The summed E-state index contributed by atoms with van der Waals surface area (Å²) in [6.07, 6.45) is 0. The molecule has 3 nitrogen and oxygen atoms in total. The van der Waals surface area contributed by atoms with Crippen LogP contribution in [0.3, 0.4) is 0 Å². The number of hydrogen-bond donors (Lipinski definition) is 1. The van der Waals surface area contributed by atoms with E-state index >= 15 is 0 Å². The minimum Gasteiger partial charge on any atom is -0.297 e. The third kappa shape index (κ3) is 2.08. The summed E-state index contributed by atoms with van der Waals surface area (Å²) >= 11 is 8.48. The molecule has 0 saturated heterocycles. The smallest absolute Gasteiger partial charge is 0.195 e. The summed E-state index contributed by atoms with van der Waals surface area (Å²) in [6, 6.07) is 7.63. The first kappa shape index (κ1) is 11.5. The quantitative estimate of drug-likeness (QED) is 0.882. The highest BCUT2D eigenvalue weighted by Gasteiger charge is 2.10. The number of H-pyrrole nitrogens is 1. The highest BCUT2D eigenvalue weighted by molar-refractivity contribution is 9.10. The van der Waals surface area contributed by atoms with E-state index < -0.39 is 6.67 Å². The zero-order chi connectivity index (χ0) is 11.5. The number of aromatic nitrogens is 3. The predicted molar refractivity (Wildman–Crippen MR) is 66.5 cm³/mol. The van der Waals surface area contributed by atoms with E-state index in [9.17, 15) is 4.39 Å². The van der Waals surface area contributed by atoms with Crippen LogP contribution in [-0.2, 0) is 6.54 Å². The summed E-state index contributed by atoms with van der Waals surface area (Å²) in [5.41, 5.74) is 0.892. The summed E-state index contributed by atoms with van der Waals surface area (Å²) < 4.78 is 15.4. The maximum Gasteiger partial charge on any atom is 0.195 e. The number of alkyl halides is 1. The van der Waals surface area contributed by atoms with Crippen LogP contribution < -0.4 is 0 Å². The standard InChI is InChI=1S/C10H9BrFN3S/c11-8-4-2-1-3-7(8)9-13-14-10(16)15(9)6-5-12/h1-4H,5-6H2,(H,14,16). The molecule has 0 unspecified atom stereocenters. The van der Waals surface area contributed by atoms with Crippen molar-refractivity contribution in [3.63, 3.8) is 0 Å². The minimum atomic E-state index is -0.467. The van der Waals surface area contributed by atoms with Gasteiger partial charge in [0.2, 0.25) is 0 Å². The van der Waals surface area contributed by atoms with E-state index in [1.165, 1.54) is 0 Å². The second kappa shape index (κ2) is 4.88. The molecule has 1 N–H and O–H groups in total. The number of nitrogens with one attached hydrogen (secondary N) is 1. The van der Waals surface area contributed by atoms with Gasteiger partial charge in [-0.25, -0.2) is 4.39 Å². The summed E-state index contributed by atoms with van der Waals surface area (Å²) in [5, 5.41) is 6.79. The lowest BCUT2D eigenvalue weighted by Crippen LogP contribution is -2.02. The van der Waals surface area contributed by atoms with Gasteiger partial charge >= 0.3 is 0 Å². The van der Waals surface area contributed by atoms with Crippen LogP contribution in [0.4, 0.5) is 4.39 Å². The molecule has 0 atom stereocenters. The lowest BCUT2D eigenvalue weighted by Gasteiger charge is -2.05. The molecule has 16 heavy (non-hydrogen) atoms. The van der Waals surface area contributed by atoms with Crippen molar-refractivity contribution in [2.24, 2.45) is 0 Å². The SMILES string of the molecule is FCCn1c(-c2ccccc2Br)n[nH]c1=S. The van der Waals surface area contributed by atoms with Gasteiger partial charge in [-0.2, -0.15) is 5.10 Å². The Morgan fingerprint density at radius 2 is 2.19 bits per heavy atom. The van der Waals surface area contributed by atoms with E-state index in [1.54, 1.807) is 4.57 Å². The van der Waals surface area contributed by atoms with Crippen molar-refractivity contribution >= 4 is 28.1 Å². The third-order valence-electron chi connectivity index (χ3n) is 2.18. The zero-order valence-electron chi connectivity index (χ0n) is 8.28. The van der Waals surface area contributed by atoms with Crippen LogP contribution in [0.25, 0.3) is 11.4 Å². The van der Waals surface area contributed by atoms with Crippen molar-refractivity contribution in [1.82, 2.24) is 14.8 Å². The van der Waals surface area contributed by atoms with Crippen LogP contribution in [-0.4, -0.2) is 21.4 Å². The normalized spacial score (nSPS) is 10.6. The van der Waals surface area contributed by atoms with Gasteiger partial charge in [0, 0.05) is 10.0 Å². The summed E-state index contributed by atoms with van der Waals surface area (Å²) in [6.45, 7) is -0.253. The van der Waals surface area contributed by atoms with E-state index in [4.69, 9.17) is 12.2 Å². The maximum absolute atomic E-state index is 12.4. The molecule has 0 fully saturated rings. The second-order valence-corrected chi connectivity index (χ2v) is 4.41. The van der Waals surface area contributed by atoms with Crippen LogP contribution in [0.15, 0.2) is 28.7 Å². The van der Waals surface area contributed by atoms with Gasteiger partial charge in [-0.15, -0.1) is 0 Å². The minimum absolute atomic E-state index is 0.214. The van der Waals surface area contributed by atoms with Crippen LogP contribution in [0.5, 0.6) is 0 Å². The van der Waals surface area contributed by atoms with Gasteiger partial charge in [0.25, 0.3) is 0 Å². The number of hydrogen-bond acceptors (Lipinski definition) is 2. The van der Waals surface area contributed by atoms with E-state index in [0.29, 0.717) is 10.6 Å². The first-order valence-corrected chi connectivity index (χ1v) is 5.90. The van der Waals surface area contributed by atoms with Crippen LogP contribution in [0.1, 0.15) is 0 Å². The van der Waals surface area contributed by atoms with E-state index in [0.717, 1.165) is 10.0 Å². The highest BCUT2D eigenvalue weighted by Crippen LogP contribution is 2.26. The van der Waals surface area contributed by atoms with Gasteiger partial charge < -0.3 is 0 Å². The van der Waals surface area contributed by atoms with Crippen LogP contribution in [0.2, 0.25) is 0 Å². The number of aromatic amines is 1. The Labute approximate surface area is 105 Å². The summed E-state index contributed by atoms with van der Waals surface area (Å²) in [7, 11) is 0. The zero-order valence-corrected chi connectivity index (χ0v) is 10.7. The van der Waals surface area contributed by atoms with Crippen molar-refractivity contribution in [2.75, 3.05) is 6.67 Å². The Hall–Kier alpha value is -1.01. The monoisotopic (exact) mass is 301 g/mol. The lowest BCUT2D eigenvalue weighted by molar-refractivity contribution is 0.445. The molecule has 1 aromatic carbocycles. The first-order chi connectivity index (χ1) is 7.74. The molecule has 0 aliphatic rings. The molecule has 0 aliphatic carbocycles. The molecule has 1 heterocycles. The molecule has 84 valence electrons. The number of halogens is 2. The van der Waals surface area contributed by atoms with Gasteiger partial charge in [-0.05, 0) is 18.3 Å². The number of benzene rings is 1. The molecule has 0 saturated carbocycles. The molecule has 0 radical (unpaired) electrons. The summed E-state index contributed by atoms with van der Waals surface area (Å²) in [5.74, 6) is 0.648. The Morgan fingerprint density at radius 1 is 1.44 bits per heavy atom. The van der Waals surface area contributed by atoms with Gasteiger partial charge in [-0.1, -0.05) is 34.1 Å². The lowest BCUT2D eigenvalue weighted by atomic mass is 10.2. The Balaban J connectivity index is 2.56. The average molecular weight is 302 g/mol. The topological polar surface area (TPSA) is 33.6 Å². The van der Waals surface area contributed by atoms with Crippen LogP contribution in [0, 0.1) is 4.77 Å². The highest BCUT2D eigenvalue weighted by atomic mass is 79.9. The Morgan fingerprint density at radius 3 is 2.88 bits per heavy atom. The number of rotatable bonds is 3. The van der Waals surface area contributed by atoms with Crippen molar-refractivity contribution in [2.45, 2.75) is 6.54 Å². The molecular formula is C10H9BrFN3S. The molecule has 0 amide bonds. The van der Waals surface area contributed by atoms with Crippen molar-refractivity contribution in [3.05, 3.63) is 33.5 Å². The van der Waals surface area contributed by atoms with E-state index in [2.05, 4.69) is 26.1 Å².